The Kier molecular flexibility index (Phi) is 5.59. The molecule has 1 aliphatic carbocycles. The van der Waals surface area contributed by atoms with E-state index in [2.05, 4.69) is 5.32 Å². The lowest BCUT2D eigenvalue weighted by molar-refractivity contribution is -0.155. The third-order valence-electron chi connectivity index (χ3n) is 3.88. The Morgan fingerprint density at radius 2 is 1.89 bits per heavy atom. The van der Waals surface area contributed by atoms with Gasteiger partial charge in [0.25, 0.3) is 0 Å². The number of carboxylic acid groups (broad SMARTS) is 1. The van der Waals surface area contributed by atoms with Gasteiger partial charge in [-0.15, -0.1) is 0 Å². The number of carbonyl (C=O) groups excluding carboxylic acids is 1. The highest BCUT2D eigenvalue weighted by atomic mass is 16.4. The Labute approximate surface area is 109 Å². The molecule has 0 saturated heterocycles. The molecule has 1 saturated carbocycles. The van der Waals surface area contributed by atoms with Crippen molar-refractivity contribution < 1.29 is 14.7 Å². The number of rotatable bonds is 6. The fourth-order valence-corrected chi connectivity index (χ4v) is 2.52. The quantitative estimate of drug-likeness (QED) is 0.746. The normalized spacial score (nSPS) is 18.3. The zero-order valence-corrected chi connectivity index (χ0v) is 11.4. The van der Waals surface area contributed by atoms with E-state index < -0.39 is 11.4 Å². The molecule has 0 spiro atoms. The smallest absolute Gasteiger partial charge is 0.310 e. The van der Waals surface area contributed by atoms with Crippen LogP contribution in [0.15, 0.2) is 0 Å². The second-order valence-electron chi connectivity index (χ2n) is 5.24. The van der Waals surface area contributed by atoms with E-state index in [1.807, 2.05) is 7.05 Å². The molecule has 1 amide bonds. The fraction of sp³-hybridized carbons (Fsp3) is 0.846. The second-order valence-corrected chi connectivity index (χ2v) is 5.24. The van der Waals surface area contributed by atoms with Crippen LogP contribution in [0, 0.1) is 5.41 Å². The van der Waals surface area contributed by atoms with Gasteiger partial charge in [0, 0.05) is 26.6 Å². The molecular formula is C13H24N2O3. The molecule has 0 aliphatic heterocycles. The predicted molar refractivity (Wildman–Crippen MR) is 69.3 cm³/mol. The summed E-state index contributed by atoms with van der Waals surface area (Å²) >= 11 is 0. The Morgan fingerprint density at radius 1 is 1.28 bits per heavy atom. The summed E-state index contributed by atoms with van der Waals surface area (Å²) in [5.41, 5.74) is -0.816. The highest BCUT2D eigenvalue weighted by Gasteiger charge is 2.41. The lowest BCUT2D eigenvalue weighted by Crippen LogP contribution is -2.41. The summed E-state index contributed by atoms with van der Waals surface area (Å²) in [7, 11) is 3.57. The van der Waals surface area contributed by atoms with Crippen molar-refractivity contribution in [3.05, 3.63) is 0 Å². The number of hydrogen-bond donors (Lipinski definition) is 2. The first-order chi connectivity index (χ1) is 8.52. The van der Waals surface area contributed by atoms with E-state index in [4.69, 9.17) is 0 Å². The highest BCUT2D eigenvalue weighted by Crippen LogP contribution is 2.39. The molecule has 0 aromatic rings. The lowest BCUT2D eigenvalue weighted by atomic mass is 9.71. The average molecular weight is 256 g/mol. The zero-order chi connectivity index (χ0) is 13.6. The Bertz CT molecular complexity index is 299. The van der Waals surface area contributed by atoms with Crippen LogP contribution in [-0.4, -0.2) is 49.1 Å². The van der Waals surface area contributed by atoms with E-state index in [9.17, 15) is 14.7 Å². The van der Waals surface area contributed by atoms with Gasteiger partial charge in [0.15, 0.2) is 0 Å². The van der Waals surface area contributed by atoms with Gasteiger partial charge in [-0.25, -0.2) is 0 Å². The van der Waals surface area contributed by atoms with Crippen molar-refractivity contribution in [1.82, 2.24) is 10.2 Å². The molecule has 0 bridgehead atoms. The van der Waals surface area contributed by atoms with Crippen LogP contribution in [-0.2, 0) is 9.59 Å². The van der Waals surface area contributed by atoms with Gasteiger partial charge in [-0.1, -0.05) is 19.3 Å². The standard InChI is InChI=1S/C13H24N2O3/c1-14-8-9-15(2)11(16)10-13(12(17)18)6-4-3-5-7-13/h14H,3-10H2,1-2H3,(H,17,18). The minimum atomic E-state index is -0.816. The van der Waals surface area contributed by atoms with Gasteiger partial charge in [0.1, 0.15) is 0 Å². The van der Waals surface area contributed by atoms with E-state index in [1.54, 1.807) is 11.9 Å². The molecule has 0 unspecified atom stereocenters. The summed E-state index contributed by atoms with van der Waals surface area (Å²) in [4.78, 5) is 25.1. The average Bonchev–Trinajstić information content (AvgIpc) is 2.36. The molecular weight excluding hydrogens is 232 g/mol. The molecule has 5 nitrogen and oxygen atoms in total. The number of aliphatic carboxylic acids is 1. The SMILES string of the molecule is CNCCN(C)C(=O)CC1(C(=O)O)CCCCC1. The second kappa shape index (κ2) is 6.73. The summed E-state index contributed by atoms with van der Waals surface area (Å²) in [5.74, 6) is -0.868. The van der Waals surface area contributed by atoms with Crippen molar-refractivity contribution in [2.45, 2.75) is 38.5 Å². The van der Waals surface area contributed by atoms with Crippen molar-refractivity contribution in [1.29, 1.82) is 0 Å². The van der Waals surface area contributed by atoms with Crippen molar-refractivity contribution in [3.63, 3.8) is 0 Å². The van der Waals surface area contributed by atoms with Gasteiger partial charge < -0.3 is 15.3 Å². The molecule has 1 fully saturated rings. The number of hydrogen-bond acceptors (Lipinski definition) is 3. The molecule has 5 heteroatoms. The molecule has 0 radical (unpaired) electrons. The van der Waals surface area contributed by atoms with Gasteiger partial charge in [0.2, 0.25) is 5.91 Å². The number of amides is 1. The first-order valence-electron chi connectivity index (χ1n) is 6.64. The third-order valence-corrected chi connectivity index (χ3v) is 3.88. The summed E-state index contributed by atoms with van der Waals surface area (Å²) in [5, 5.41) is 12.4. The van der Waals surface area contributed by atoms with E-state index in [1.165, 1.54) is 0 Å². The van der Waals surface area contributed by atoms with Crippen LogP contribution in [0.2, 0.25) is 0 Å². The fourth-order valence-electron chi connectivity index (χ4n) is 2.52. The maximum absolute atomic E-state index is 12.1. The molecule has 18 heavy (non-hydrogen) atoms. The van der Waals surface area contributed by atoms with Crippen LogP contribution in [0.1, 0.15) is 38.5 Å². The van der Waals surface area contributed by atoms with Crippen LogP contribution < -0.4 is 5.32 Å². The predicted octanol–water partition coefficient (Wildman–Crippen LogP) is 1.09. The number of carbonyl (C=O) groups is 2. The molecule has 0 aromatic carbocycles. The molecule has 1 aliphatic rings. The molecule has 1 rings (SSSR count). The minimum absolute atomic E-state index is 0.0606. The van der Waals surface area contributed by atoms with E-state index in [0.717, 1.165) is 25.8 Å². The van der Waals surface area contributed by atoms with Gasteiger partial charge in [-0.2, -0.15) is 0 Å². The monoisotopic (exact) mass is 256 g/mol. The van der Waals surface area contributed by atoms with Gasteiger partial charge in [-0.3, -0.25) is 9.59 Å². The lowest BCUT2D eigenvalue weighted by Gasteiger charge is -2.33. The van der Waals surface area contributed by atoms with Crippen LogP contribution in [0.25, 0.3) is 0 Å². The number of likely N-dealkylation sites (N-methyl/N-ethyl adjacent to an activating group) is 2. The van der Waals surface area contributed by atoms with Crippen LogP contribution in [0.4, 0.5) is 0 Å². The third kappa shape index (κ3) is 3.70. The Morgan fingerprint density at radius 3 is 2.39 bits per heavy atom. The van der Waals surface area contributed by atoms with Gasteiger partial charge in [-0.05, 0) is 19.9 Å². The van der Waals surface area contributed by atoms with E-state index in [0.29, 0.717) is 19.4 Å². The summed E-state index contributed by atoms with van der Waals surface area (Å²) < 4.78 is 0. The molecule has 104 valence electrons. The van der Waals surface area contributed by atoms with Crippen LogP contribution in [0.3, 0.4) is 0 Å². The largest absolute Gasteiger partial charge is 0.481 e. The van der Waals surface area contributed by atoms with Crippen molar-refractivity contribution >= 4 is 11.9 Å². The van der Waals surface area contributed by atoms with Crippen molar-refractivity contribution in [2.24, 2.45) is 5.41 Å². The van der Waals surface area contributed by atoms with E-state index >= 15 is 0 Å². The van der Waals surface area contributed by atoms with Crippen molar-refractivity contribution in [3.8, 4) is 0 Å². The molecule has 0 heterocycles. The van der Waals surface area contributed by atoms with E-state index in [-0.39, 0.29) is 12.3 Å². The summed E-state index contributed by atoms with van der Waals surface area (Å²) in [6.45, 7) is 1.34. The summed E-state index contributed by atoms with van der Waals surface area (Å²) in [6, 6.07) is 0. The summed E-state index contributed by atoms with van der Waals surface area (Å²) in [6.07, 6.45) is 4.32. The van der Waals surface area contributed by atoms with Crippen LogP contribution >= 0.6 is 0 Å². The maximum atomic E-state index is 12.1. The molecule has 0 aromatic heterocycles. The number of nitrogens with zero attached hydrogens (tertiary/aromatic N) is 1. The number of nitrogens with one attached hydrogen (secondary N) is 1. The highest BCUT2D eigenvalue weighted by molar-refractivity contribution is 5.85. The molecule has 0 atom stereocenters. The minimum Gasteiger partial charge on any atom is -0.481 e. The number of carboxylic acids is 1. The first kappa shape index (κ1) is 15.0. The maximum Gasteiger partial charge on any atom is 0.310 e. The van der Waals surface area contributed by atoms with Crippen LogP contribution in [0.5, 0.6) is 0 Å². The molecule has 2 N–H and O–H groups in total. The Hall–Kier alpha value is -1.10. The van der Waals surface area contributed by atoms with Crippen molar-refractivity contribution in [2.75, 3.05) is 27.2 Å². The zero-order valence-electron chi connectivity index (χ0n) is 11.4. The first-order valence-corrected chi connectivity index (χ1v) is 6.64. The van der Waals surface area contributed by atoms with Gasteiger partial charge >= 0.3 is 5.97 Å². The Balaban J connectivity index is 2.60. The topological polar surface area (TPSA) is 69.6 Å². The van der Waals surface area contributed by atoms with Gasteiger partial charge in [0.05, 0.1) is 5.41 Å².